The van der Waals surface area contributed by atoms with Gasteiger partial charge < -0.3 is 30.7 Å². The summed E-state index contributed by atoms with van der Waals surface area (Å²) < 4.78 is 16.5. The van der Waals surface area contributed by atoms with Gasteiger partial charge >= 0.3 is 0 Å². The van der Waals surface area contributed by atoms with E-state index in [0.717, 1.165) is 43.2 Å². The molecule has 0 unspecified atom stereocenters. The fourth-order valence-corrected chi connectivity index (χ4v) is 2.31. The molecule has 8 heteroatoms. The van der Waals surface area contributed by atoms with E-state index in [0.29, 0.717) is 33.0 Å². The van der Waals surface area contributed by atoms with Gasteiger partial charge in [0.2, 0.25) is 0 Å². The summed E-state index contributed by atoms with van der Waals surface area (Å²) in [6.45, 7) is 8.37. The van der Waals surface area contributed by atoms with Gasteiger partial charge in [0.25, 0.3) is 0 Å². The average Bonchev–Trinajstić information content (AvgIpc) is 3.12. The highest BCUT2D eigenvalue weighted by Crippen LogP contribution is 2.16. The molecule has 1 aliphatic rings. The van der Waals surface area contributed by atoms with Crippen molar-refractivity contribution in [3.8, 4) is 0 Å². The van der Waals surface area contributed by atoms with Crippen LogP contribution in [0, 0.1) is 0 Å². The van der Waals surface area contributed by atoms with Crippen LogP contribution in [0.1, 0.15) is 12.5 Å². The third kappa shape index (κ3) is 8.03. The number of hydrazine groups is 2. The number of nitrogen functional groups attached to an aromatic ring is 1. The summed E-state index contributed by atoms with van der Waals surface area (Å²) in [5.74, 6) is 0. The lowest BCUT2D eigenvalue weighted by molar-refractivity contribution is 0.0112. The fourth-order valence-electron chi connectivity index (χ4n) is 2.31. The second kappa shape index (κ2) is 12.5. The van der Waals surface area contributed by atoms with Gasteiger partial charge in [-0.2, -0.15) is 0 Å². The first-order valence-electron chi connectivity index (χ1n) is 9.09. The zero-order valence-electron chi connectivity index (χ0n) is 15.5. The first-order chi connectivity index (χ1) is 12.8. The van der Waals surface area contributed by atoms with Crippen LogP contribution in [0.15, 0.2) is 30.5 Å². The molecule has 8 nitrogen and oxygen atoms in total. The summed E-state index contributed by atoms with van der Waals surface area (Å²) in [6.07, 6.45) is 2.01. The van der Waals surface area contributed by atoms with Gasteiger partial charge in [-0.3, -0.25) is 5.01 Å². The lowest BCUT2D eigenvalue weighted by Crippen LogP contribution is -2.38. The predicted molar refractivity (Wildman–Crippen MR) is 103 cm³/mol. The van der Waals surface area contributed by atoms with Crippen molar-refractivity contribution in [2.75, 3.05) is 65.0 Å². The summed E-state index contributed by atoms with van der Waals surface area (Å²) in [5.41, 5.74) is 14.8. The largest absolute Gasteiger partial charge is 0.399 e. The van der Waals surface area contributed by atoms with E-state index in [1.807, 2.05) is 35.5 Å². The molecule has 1 aromatic carbocycles. The van der Waals surface area contributed by atoms with Crippen molar-refractivity contribution in [1.82, 2.24) is 21.3 Å². The van der Waals surface area contributed by atoms with Crippen LogP contribution in [0.4, 0.5) is 5.69 Å². The highest BCUT2D eigenvalue weighted by atomic mass is 16.5. The van der Waals surface area contributed by atoms with Crippen molar-refractivity contribution < 1.29 is 14.2 Å². The minimum Gasteiger partial charge on any atom is -0.399 e. The topological polar surface area (TPSA) is 93.0 Å². The molecule has 0 atom stereocenters. The third-order valence-electron chi connectivity index (χ3n) is 3.73. The Kier molecular flexibility index (Phi) is 9.84. The van der Waals surface area contributed by atoms with Crippen molar-refractivity contribution in [3.05, 3.63) is 36.0 Å². The van der Waals surface area contributed by atoms with Crippen LogP contribution in [-0.2, 0) is 14.2 Å². The van der Waals surface area contributed by atoms with Crippen LogP contribution >= 0.6 is 0 Å². The fraction of sp³-hybridized carbons (Fsp3) is 0.556. The lowest BCUT2D eigenvalue weighted by Gasteiger charge is -2.14. The molecular formula is C18H31N5O3. The molecule has 0 aromatic heterocycles. The Morgan fingerprint density at radius 2 is 1.62 bits per heavy atom. The van der Waals surface area contributed by atoms with Crippen LogP contribution in [-0.4, -0.2) is 64.3 Å². The maximum absolute atomic E-state index is 5.71. The maximum Gasteiger partial charge on any atom is 0.0751 e. The molecule has 0 saturated carbocycles. The highest BCUT2D eigenvalue weighted by Gasteiger charge is 2.12. The number of nitrogens with zero attached hydrogens (tertiary/aromatic N) is 1. The number of rotatable bonds is 14. The van der Waals surface area contributed by atoms with E-state index in [1.165, 1.54) is 0 Å². The van der Waals surface area contributed by atoms with Gasteiger partial charge in [0.15, 0.2) is 0 Å². The van der Waals surface area contributed by atoms with Gasteiger partial charge in [-0.25, -0.2) is 0 Å². The molecule has 0 bridgehead atoms. The van der Waals surface area contributed by atoms with E-state index in [9.17, 15) is 0 Å². The predicted octanol–water partition coefficient (Wildman–Crippen LogP) is 0.551. The zero-order chi connectivity index (χ0) is 18.5. The first-order valence-corrected chi connectivity index (χ1v) is 9.09. The van der Waals surface area contributed by atoms with E-state index in [4.69, 9.17) is 19.9 Å². The van der Waals surface area contributed by atoms with E-state index in [2.05, 4.69) is 23.2 Å². The molecule has 2 rings (SSSR count). The van der Waals surface area contributed by atoms with Gasteiger partial charge in [-0.15, -0.1) is 5.53 Å². The monoisotopic (exact) mass is 365 g/mol. The minimum atomic E-state index is 0.577. The Morgan fingerprint density at radius 1 is 0.962 bits per heavy atom. The van der Waals surface area contributed by atoms with Crippen molar-refractivity contribution in [2.45, 2.75) is 6.92 Å². The molecule has 0 fully saturated rings. The Balaban J connectivity index is 1.45. The molecule has 1 aromatic rings. The molecular weight excluding hydrogens is 334 g/mol. The quantitative estimate of drug-likeness (QED) is 0.281. The summed E-state index contributed by atoms with van der Waals surface area (Å²) >= 11 is 0. The standard InChI is InChI=1S/C18H31N5O3/c1-2-20-7-9-24-11-13-26-14-12-25-10-8-23-15-18(21-22-23)16-3-5-17(19)6-4-16/h3-6,15,20-22H,2,7-14,19H2,1H3. The number of nitrogens with two attached hydrogens (primary N) is 1. The molecule has 0 radical (unpaired) electrons. The molecule has 1 aliphatic heterocycles. The minimum absolute atomic E-state index is 0.577. The Morgan fingerprint density at radius 3 is 2.31 bits per heavy atom. The number of likely N-dealkylation sites (N-methyl/N-ethyl adjacent to an activating group) is 1. The highest BCUT2D eigenvalue weighted by molar-refractivity contribution is 5.65. The third-order valence-corrected chi connectivity index (χ3v) is 3.73. The maximum atomic E-state index is 5.71. The number of hydrogen-bond donors (Lipinski definition) is 4. The summed E-state index contributed by atoms with van der Waals surface area (Å²) in [5, 5.41) is 5.15. The second-order valence-corrected chi connectivity index (χ2v) is 5.79. The molecule has 0 saturated heterocycles. The number of anilines is 1. The van der Waals surface area contributed by atoms with Gasteiger partial charge in [0.1, 0.15) is 0 Å². The van der Waals surface area contributed by atoms with Gasteiger partial charge in [0, 0.05) is 24.0 Å². The first kappa shape index (κ1) is 20.5. The Bertz CT molecular complexity index is 524. The number of hydrogen-bond acceptors (Lipinski definition) is 8. The van der Waals surface area contributed by atoms with E-state index in [1.54, 1.807) is 0 Å². The molecule has 1 heterocycles. The molecule has 0 aliphatic carbocycles. The van der Waals surface area contributed by atoms with Gasteiger partial charge in [0.05, 0.1) is 51.9 Å². The SMILES string of the molecule is CCNCCOCCOCCOCCN1C=C(c2ccc(N)cc2)NN1. The van der Waals surface area contributed by atoms with Crippen LogP contribution in [0.3, 0.4) is 0 Å². The van der Waals surface area contributed by atoms with E-state index >= 15 is 0 Å². The summed E-state index contributed by atoms with van der Waals surface area (Å²) in [6, 6.07) is 7.74. The van der Waals surface area contributed by atoms with Crippen LogP contribution in [0.5, 0.6) is 0 Å². The lowest BCUT2D eigenvalue weighted by atomic mass is 10.1. The van der Waals surface area contributed by atoms with Crippen molar-refractivity contribution >= 4 is 11.4 Å². The zero-order valence-corrected chi connectivity index (χ0v) is 15.5. The molecule has 0 amide bonds. The summed E-state index contributed by atoms with van der Waals surface area (Å²) in [4.78, 5) is 0. The normalized spacial score (nSPS) is 13.7. The van der Waals surface area contributed by atoms with Gasteiger partial charge in [-0.05, 0) is 18.7 Å². The number of ether oxygens (including phenoxy) is 3. The van der Waals surface area contributed by atoms with Crippen molar-refractivity contribution in [1.29, 1.82) is 0 Å². The van der Waals surface area contributed by atoms with Crippen LogP contribution in [0.25, 0.3) is 5.70 Å². The van der Waals surface area contributed by atoms with E-state index in [-0.39, 0.29) is 0 Å². The van der Waals surface area contributed by atoms with Gasteiger partial charge in [-0.1, -0.05) is 19.1 Å². The Labute approximate surface area is 155 Å². The molecule has 26 heavy (non-hydrogen) atoms. The van der Waals surface area contributed by atoms with Crippen molar-refractivity contribution in [2.24, 2.45) is 0 Å². The smallest absolute Gasteiger partial charge is 0.0751 e. The average molecular weight is 365 g/mol. The van der Waals surface area contributed by atoms with E-state index < -0.39 is 0 Å². The van der Waals surface area contributed by atoms with Crippen LogP contribution < -0.4 is 22.0 Å². The molecule has 146 valence electrons. The second-order valence-electron chi connectivity index (χ2n) is 5.79. The molecule has 5 N–H and O–H groups in total. The Hall–Kier alpha value is -1.84. The molecule has 0 spiro atoms. The van der Waals surface area contributed by atoms with Crippen molar-refractivity contribution in [3.63, 3.8) is 0 Å². The number of benzene rings is 1. The van der Waals surface area contributed by atoms with Crippen LogP contribution in [0.2, 0.25) is 0 Å². The number of nitrogens with one attached hydrogen (secondary N) is 3. The summed E-state index contributed by atoms with van der Waals surface area (Å²) in [7, 11) is 0.